The van der Waals surface area contributed by atoms with E-state index >= 15 is 0 Å². The van der Waals surface area contributed by atoms with Gasteiger partial charge in [0.1, 0.15) is 11.5 Å². The lowest BCUT2D eigenvalue weighted by atomic mass is 9.89. The van der Waals surface area contributed by atoms with Crippen LogP contribution in [0.1, 0.15) is 37.7 Å². The van der Waals surface area contributed by atoms with Crippen LogP contribution in [-0.4, -0.2) is 18.2 Å². The Bertz CT molecular complexity index is 1040. The van der Waals surface area contributed by atoms with Crippen molar-refractivity contribution < 1.29 is 18.4 Å². The summed E-state index contributed by atoms with van der Waals surface area (Å²) >= 11 is 0. The van der Waals surface area contributed by atoms with Crippen LogP contribution in [0.15, 0.2) is 91.0 Å². The van der Waals surface area contributed by atoms with E-state index in [1.54, 1.807) is 24.3 Å². The summed E-state index contributed by atoms with van der Waals surface area (Å²) in [5.74, 6) is -0.0903. The first-order chi connectivity index (χ1) is 17.1. The van der Waals surface area contributed by atoms with Crippen molar-refractivity contribution in [3.05, 3.63) is 96.6 Å². The van der Waals surface area contributed by atoms with Crippen molar-refractivity contribution in [1.29, 1.82) is 0 Å². The zero-order valence-corrected chi connectivity index (χ0v) is 20.7. The molecule has 7 heteroatoms. The standard InChI is InChI=1S/C28H33N2O4P/c31-27(22-29-21-23-13-5-1-6-14-23)30-28(24-15-7-2-8-16-24)35(32,33-25-17-9-3-10-18-25)34-26-19-11-4-12-20-26/h1,3-6,9-14,17-20,24,28-29H,2,7-8,15-16,21-22H2,(H,30,31). The Morgan fingerprint density at radius 3 is 1.86 bits per heavy atom. The molecule has 1 aliphatic rings. The molecule has 3 aromatic rings. The highest BCUT2D eigenvalue weighted by Crippen LogP contribution is 2.56. The molecule has 1 atom stereocenters. The van der Waals surface area contributed by atoms with Crippen LogP contribution in [0.25, 0.3) is 0 Å². The number of hydrogen-bond acceptors (Lipinski definition) is 5. The lowest BCUT2D eigenvalue weighted by Crippen LogP contribution is -2.46. The molecular weight excluding hydrogens is 459 g/mol. The van der Waals surface area contributed by atoms with Gasteiger partial charge in [-0.2, -0.15) is 0 Å². The number of benzene rings is 3. The van der Waals surface area contributed by atoms with Crippen molar-refractivity contribution in [2.24, 2.45) is 5.92 Å². The third kappa shape index (κ3) is 7.45. The zero-order chi connectivity index (χ0) is 24.3. The highest BCUT2D eigenvalue weighted by molar-refractivity contribution is 7.55. The smallest absolute Gasteiger partial charge is 0.415 e. The molecule has 1 unspecified atom stereocenters. The van der Waals surface area contributed by atoms with Gasteiger partial charge in [-0.25, -0.2) is 4.57 Å². The molecule has 4 rings (SSSR count). The van der Waals surface area contributed by atoms with Gasteiger partial charge >= 0.3 is 7.60 Å². The molecule has 0 aromatic heterocycles. The van der Waals surface area contributed by atoms with Gasteiger partial charge in [-0.15, -0.1) is 0 Å². The fourth-order valence-corrected chi connectivity index (χ4v) is 6.64. The summed E-state index contributed by atoms with van der Waals surface area (Å²) < 4.78 is 26.7. The second-order valence-corrected chi connectivity index (χ2v) is 10.8. The second-order valence-electron chi connectivity index (χ2n) is 8.85. The normalized spacial score (nSPS) is 15.2. The van der Waals surface area contributed by atoms with E-state index in [4.69, 9.17) is 9.05 Å². The minimum Gasteiger partial charge on any atom is -0.415 e. The lowest BCUT2D eigenvalue weighted by Gasteiger charge is -2.35. The van der Waals surface area contributed by atoms with Crippen LogP contribution in [0.4, 0.5) is 0 Å². The maximum Gasteiger partial charge on any atom is 0.453 e. The van der Waals surface area contributed by atoms with Gasteiger partial charge in [0.25, 0.3) is 0 Å². The van der Waals surface area contributed by atoms with Gasteiger partial charge in [0.05, 0.1) is 6.54 Å². The second kappa shape index (κ2) is 12.6. The van der Waals surface area contributed by atoms with Crippen molar-refractivity contribution in [3.63, 3.8) is 0 Å². The van der Waals surface area contributed by atoms with Crippen LogP contribution in [-0.2, 0) is 15.9 Å². The van der Waals surface area contributed by atoms with Gasteiger partial charge in [-0.05, 0) is 48.6 Å². The number of carbonyl (C=O) groups excluding carboxylic acids is 1. The number of amides is 1. The van der Waals surface area contributed by atoms with Crippen molar-refractivity contribution in [2.75, 3.05) is 6.54 Å². The van der Waals surface area contributed by atoms with Crippen LogP contribution in [0.5, 0.6) is 11.5 Å². The molecule has 1 aliphatic carbocycles. The molecule has 6 nitrogen and oxygen atoms in total. The van der Waals surface area contributed by atoms with E-state index in [9.17, 15) is 9.36 Å². The molecule has 1 fully saturated rings. The Balaban J connectivity index is 1.54. The zero-order valence-electron chi connectivity index (χ0n) is 19.8. The molecule has 1 amide bonds. The third-order valence-electron chi connectivity index (χ3n) is 6.16. The van der Waals surface area contributed by atoms with Crippen LogP contribution in [0.3, 0.4) is 0 Å². The van der Waals surface area contributed by atoms with E-state index in [1.807, 2.05) is 66.7 Å². The van der Waals surface area contributed by atoms with Gasteiger partial charge in [0, 0.05) is 6.54 Å². The van der Waals surface area contributed by atoms with Crippen LogP contribution >= 0.6 is 7.60 Å². The summed E-state index contributed by atoms with van der Waals surface area (Å²) in [7, 11) is -3.85. The summed E-state index contributed by atoms with van der Waals surface area (Å²) in [6, 6.07) is 27.9. The minimum atomic E-state index is -3.85. The predicted octanol–water partition coefficient (Wildman–Crippen LogP) is 6.15. The van der Waals surface area contributed by atoms with Gasteiger partial charge in [-0.1, -0.05) is 86.0 Å². The van der Waals surface area contributed by atoms with Gasteiger partial charge in [0.15, 0.2) is 5.78 Å². The maximum atomic E-state index is 14.5. The fourth-order valence-electron chi connectivity index (χ4n) is 4.43. The highest BCUT2D eigenvalue weighted by Gasteiger charge is 2.45. The summed E-state index contributed by atoms with van der Waals surface area (Å²) in [6.45, 7) is 0.676. The predicted molar refractivity (Wildman–Crippen MR) is 138 cm³/mol. The third-order valence-corrected chi connectivity index (χ3v) is 8.32. The molecule has 184 valence electrons. The van der Waals surface area contributed by atoms with Crippen molar-refractivity contribution in [2.45, 2.75) is 44.4 Å². The van der Waals surface area contributed by atoms with Crippen molar-refractivity contribution in [1.82, 2.24) is 10.6 Å². The average Bonchev–Trinajstić information content (AvgIpc) is 2.89. The first kappa shape index (κ1) is 25.0. The molecule has 0 aliphatic heterocycles. The first-order valence-corrected chi connectivity index (χ1v) is 13.9. The highest BCUT2D eigenvalue weighted by atomic mass is 31.2. The Kier molecular flexibility index (Phi) is 8.99. The van der Waals surface area contributed by atoms with Crippen molar-refractivity contribution >= 4 is 13.5 Å². The summed E-state index contributed by atoms with van der Waals surface area (Å²) in [6.07, 6.45) is 4.92. The van der Waals surface area contributed by atoms with E-state index in [0.717, 1.165) is 37.7 Å². The number of para-hydroxylation sites is 2. The average molecular weight is 493 g/mol. The minimum absolute atomic E-state index is 0.0000752. The van der Waals surface area contributed by atoms with E-state index in [2.05, 4.69) is 10.6 Å². The molecule has 0 saturated heterocycles. The summed E-state index contributed by atoms with van der Waals surface area (Å²) in [4.78, 5) is 13.0. The maximum absolute atomic E-state index is 14.5. The van der Waals surface area contributed by atoms with E-state index in [0.29, 0.717) is 18.0 Å². The van der Waals surface area contributed by atoms with Gasteiger partial charge < -0.3 is 19.7 Å². The van der Waals surface area contributed by atoms with Gasteiger partial charge in [-0.3, -0.25) is 4.79 Å². The quantitative estimate of drug-likeness (QED) is 0.314. The first-order valence-electron chi connectivity index (χ1n) is 12.3. The van der Waals surface area contributed by atoms with E-state index in [1.165, 1.54) is 0 Å². The van der Waals surface area contributed by atoms with Crippen molar-refractivity contribution in [3.8, 4) is 11.5 Å². The Labute approximate surface area is 207 Å². The number of carbonyl (C=O) groups is 1. The molecule has 1 saturated carbocycles. The molecular formula is C28H33N2O4P. The lowest BCUT2D eigenvalue weighted by molar-refractivity contribution is -0.121. The molecule has 3 aromatic carbocycles. The Hall–Kier alpha value is -3.08. The largest absolute Gasteiger partial charge is 0.453 e. The monoisotopic (exact) mass is 492 g/mol. The molecule has 0 spiro atoms. The van der Waals surface area contributed by atoms with Crippen LogP contribution < -0.4 is 19.7 Å². The van der Waals surface area contributed by atoms with E-state index < -0.39 is 13.4 Å². The topological polar surface area (TPSA) is 76.7 Å². The molecule has 2 N–H and O–H groups in total. The molecule has 0 radical (unpaired) electrons. The number of hydrogen-bond donors (Lipinski definition) is 2. The SMILES string of the molecule is O=C(CNCc1ccccc1)NC(C1CCCCC1)P(=O)(Oc1ccccc1)Oc1ccccc1. The van der Waals surface area contributed by atoms with Crippen LogP contribution in [0, 0.1) is 5.92 Å². The molecule has 35 heavy (non-hydrogen) atoms. The van der Waals surface area contributed by atoms with E-state index in [-0.39, 0.29) is 18.4 Å². The summed E-state index contributed by atoms with van der Waals surface area (Å²) in [5, 5.41) is 6.22. The number of nitrogens with one attached hydrogen (secondary N) is 2. The Morgan fingerprint density at radius 2 is 1.31 bits per heavy atom. The molecule has 0 heterocycles. The Morgan fingerprint density at radius 1 is 0.800 bits per heavy atom. The summed E-state index contributed by atoms with van der Waals surface area (Å²) in [5.41, 5.74) is 1.09. The number of rotatable bonds is 11. The van der Waals surface area contributed by atoms with Crippen LogP contribution in [0.2, 0.25) is 0 Å². The fraction of sp³-hybridized carbons (Fsp3) is 0.321. The molecule has 0 bridgehead atoms. The van der Waals surface area contributed by atoms with Gasteiger partial charge in [0.2, 0.25) is 5.91 Å².